The predicted molar refractivity (Wildman–Crippen MR) is 195 cm³/mol. The molecule has 2 aromatic heterocycles. The van der Waals surface area contributed by atoms with E-state index in [1.165, 1.54) is 10.4 Å². The number of nitrogens with two attached hydrogens (primary N) is 1. The molecule has 0 spiro atoms. The molecule has 9 heteroatoms. The average molecular weight is 651 g/mol. The minimum atomic E-state index is -2.63. The maximum atomic E-state index is 7.24. The van der Waals surface area contributed by atoms with Crippen LogP contribution in [0.15, 0.2) is 91.4 Å². The van der Waals surface area contributed by atoms with Crippen molar-refractivity contribution in [1.29, 1.82) is 0 Å². The Hall–Kier alpha value is -4.05. The third kappa shape index (κ3) is 7.43. The predicted octanol–water partition coefficient (Wildman–Crippen LogP) is 6.62. The van der Waals surface area contributed by atoms with Crippen molar-refractivity contribution in [3.8, 4) is 5.75 Å². The van der Waals surface area contributed by atoms with Crippen molar-refractivity contribution in [2.45, 2.75) is 84.0 Å². The van der Waals surface area contributed by atoms with Gasteiger partial charge in [-0.25, -0.2) is 9.97 Å². The van der Waals surface area contributed by atoms with E-state index >= 15 is 0 Å². The molecule has 0 aliphatic carbocycles. The Kier molecular flexibility index (Phi) is 10.5. The molecule has 0 saturated heterocycles. The van der Waals surface area contributed by atoms with Crippen LogP contribution < -0.4 is 26.2 Å². The van der Waals surface area contributed by atoms with Gasteiger partial charge >= 0.3 is 0 Å². The largest absolute Gasteiger partial charge is 0.496 e. The lowest BCUT2D eigenvalue weighted by Crippen LogP contribution is -2.66. The van der Waals surface area contributed by atoms with Crippen molar-refractivity contribution < 1.29 is 9.16 Å². The Balaban J connectivity index is 1.43. The number of ether oxygens (including phenoxy) is 1. The van der Waals surface area contributed by atoms with Crippen molar-refractivity contribution in [3.05, 3.63) is 103 Å². The second-order valence-corrected chi connectivity index (χ2v) is 18.2. The van der Waals surface area contributed by atoms with Gasteiger partial charge in [0.05, 0.1) is 19.9 Å². The van der Waals surface area contributed by atoms with Gasteiger partial charge in [0.2, 0.25) is 0 Å². The molecule has 0 aliphatic heterocycles. The number of benzene rings is 3. The van der Waals surface area contributed by atoms with Gasteiger partial charge in [-0.2, -0.15) is 5.10 Å². The maximum Gasteiger partial charge on any atom is 0.261 e. The lowest BCUT2D eigenvalue weighted by molar-refractivity contribution is 0.281. The molecule has 0 saturated carbocycles. The Morgan fingerprint density at radius 2 is 1.55 bits per heavy atom. The number of aromatic nitrogens is 4. The summed E-state index contributed by atoms with van der Waals surface area (Å²) in [6.45, 7) is 14.3. The fraction of sp³-hybridized carbons (Fsp3) is 0.395. The summed E-state index contributed by atoms with van der Waals surface area (Å²) in [6, 6.07) is 27.9. The molecule has 5 rings (SSSR count). The highest BCUT2D eigenvalue weighted by Gasteiger charge is 2.50. The van der Waals surface area contributed by atoms with E-state index in [1.54, 1.807) is 19.6 Å². The van der Waals surface area contributed by atoms with Crippen molar-refractivity contribution >= 4 is 35.5 Å². The van der Waals surface area contributed by atoms with Gasteiger partial charge in [0.25, 0.3) is 8.32 Å². The Labute approximate surface area is 280 Å². The van der Waals surface area contributed by atoms with E-state index in [2.05, 4.69) is 105 Å². The topological polar surface area (TPSA) is 100 Å². The van der Waals surface area contributed by atoms with E-state index in [4.69, 9.17) is 25.0 Å². The molecule has 5 aromatic rings. The van der Waals surface area contributed by atoms with Gasteiger partial charge in [0, 0.05) is 23.8 Å². The number of methoxy groups -OCH3 is 1. The highest BCUT2D eigenvalue weighted by molar-refractivity contribution is 6.99. The standard InChI is InChI=1S/C38H50N6O2Si/c1-8-15-30(22-23-46-47(37(2,3)4,31-16-11-9-12-17-31)32-18-13-10-14-19-32)43-36-35-33(40-27-41-36)25-42-44(35)26-28-24-29(38(5,6)39)20-21-34(28)45-7/h9-14,16-21,24-25,27,30H,8,15,22-23,26,39H2,1-7H3,(H,40,41,43)/t30-/m0/s1. The monoisotopic (exact) mass is 650 g/mol. The molecule has 8 nitrogen and oxygen atoms in total. The van der Waals surface area contributed by atoms with Crippen LogP contribution in [0, 0.1) is 0 Å². The second-order valence-electron chi connectivity index (χ2n) is 13.9. The zero-order chi connectivity index (χ0) is 33.7. The number of fused-ring (bicyclic) bond motifs is 1. The number of rotatable bonds is 14. The first-order valence-electron chi connectivity index (χ1n) is 16.6. The van der Waals surface area contributed by atoms with E-state index in [0.717, 1.165) is 53.0 Å². The van der Waals surface area contributed by atoms with Crippen LogP contribution in [0.4, 0.5) is 5.82 Å². The van der Waals surface area contributed by atoms with E-state index in [-0.39, 0.29) is 11.1 Å². The number of hydrogen-bond acceptors (Lipinski definition) is 7. The summed E-state index contributed by atoms with van der Waals surface area (Å²) in [5.41, 5.74) is 9.64. The molecular formula is C38H50N6O2Si. The normalized spacial score (nSPS) is 13.1. The smallest absolute Gasteiger partial charge is 0.261 e. The van der Waals surface area contributed by atoms with Crippen LogP contribution in [-0.4, -0.2) is 47.8 Å². The lowest BCUT2D eigenvalue weighted by atomic mass is 9.93. The zero-order valence-electron chi connectivity index (χ0n) is 29.0. The maximum absolute atomic E-state index is 7.24. The van der Waals surface area contributed by atoms with E-state index < -0.39 is 13.9 Å². The summed E-state index contributed by atoms with van der Waals surface area (Å²) in [4.78, 5) is 9.27. The number of hydrogen-bond donors (Lipinski definition) is 2. The molecule has 0 amide bonds. The van der Waals surface area contributed by atoms with Gasteiger partial charge in [0.15, 0.2) is 5.82 Å². The molecule has 0 fully saturated rings. The van der Waals surface area contributed by atoms with Crippen LogP contribution in [-0.2, 0) is 16.5 Å². The van der Waals surface area contributed by atoms with E-state index in [0.29, 0.717) is 13.2 Å². The average Bonchev–Trinajstić information content (AvgIpc) is 3.46. The van der Waals surface area contributed by atoms with Crippen LogP contribution in [0.1, 0.15) is 71.9 Å². The molecule has 3 aromatic carbocycles. The second kappa shape index (κ2) is 14.4. The summed E-state index contributed by atoms with van der Waals surface area (Å²) >= 11 is 0. The van der Waals surface area contributed by atoms with E-state index in [1.807, 2.05) is 30.7 Å². The molecule has 0 radical (unpaired) electrons. The molecule has 0 bridgehead atoms. The van der Waals surface area contributed by atoms with Gasteiger partial charge in [-0.15, -0.1) is 0 Å². The first-order valence-corrected chi connectivity index (χ1v) is 18.5. The van der Waals surface area contributed by atoms with Crippen molar-refractivity contribution in [2.24, 2.45) is 5.73 Å². The zero-order valence-corrected chi connectivity index (χ0v) is 30.0. The molecule has 47 heavy (non-hydrogen) atoms. The SMILES string of the molecule is CCC[C@@H](CCO[Si](c1ccccc1)(c1ccccc1)C(C)(C)C)Nc1ncnc2cnn(Cc3cc(C(C)(C)N)ccc3OC)c12. The first-order chi connectivity index (χ1) is 22.5. The highest BCUT2D eigenvalue weighted by Crippen LogP contribution is 2.37. The van der Waals surface area contributed by atoms with Gasteiger partial charge in [-0.05, 0) is 59.8 Å². The van der Waals surface area contributed by atoms with Crippen molar-refractivity contribution in [1.82, 2.24) is 19.7 Å². The van der Waals surface area contributed by atoms with Gasteiger partial charge in [-0.3, -0.25) is 4.68 Å². The van der Waals surface area contributed by atoms with Crippen LogP contribution in [0.25, 0.3) is 11.0 Å². The van der Waals surface area contributed by atoms with Gasteiger partial charge < -0.3 is 20.2 Å². The summed E-state index contributed by atoms with van der Waals surface area (Å²) in [7, 11) is -0.944. The van der Waals surface area contributed by atoms with Crippen LogP contribution in [0.2, 0.25) is 5.04 Å². The number of nitrogens with one attached hydrogen (secondary N) is 1. The van der Waals surface area contributed by atoms with Crippen LogP contribution >= 0.6 is 0 Å². The minimum Gasteiger partial charge on any atom is -0.496 e. The first kappa shape index (κ1) is 34.3. The number of nitrogens with zero attached hydrogens (tertiary/aromatic N) is 4. The molecule has 3 N–H and O–H groups in total. The molecule has 0 unspecified atom stereocenters. The summed E-state index contributed by atoms with van der Waals surface area (Å²) in [6.07, 6.45) is 6.25. The Bertz CT molecular complexity index is 1710. The van der Waals surface area contributed by atoms with Crippen LogP contribution in [0.5, 0.6) is 5.75 Å². The Morgan fingerprint density at radius 3 is 2.13 bits per heavy atom. The molecular weight excluding hydrogens is 601 g/mol. The summed E-state index contributed by atoms with van der Waals surface area (Å²) in [5.74, 6) is 1.56. The summed E-state index contributed by atoms with van der Waals surface area (Å²) < 4.78 is 14.9. The molecule has 0 aliphatic rings. The fourth-order valence-electron chi connectivity index (χ4n) is 6.56. The number of anilines is 1. The molecule has 248 valence electrons. The molecule has 1 atom stereocenters. The van der Waals surface area contributed by atoms with E-state index in [9.17, 15) is 0 Å². The quantitative estimate of drug-likeness (QED) is 0.130. The highest BCUT2D eigenvalue weighted by atomic mass is 28.4. The van der Waals surface area contributed by atoms with Gasteiger partial charge in [-0.1, -0.05) is 101 Å². The van der Waals surface area contributed by atoms with Crippen LogP contribution in [0.3, 0.4) is 0 Å². The molecule has 2 heterocycles. The Morgan fingerprint density at radius 1 is 0.894 bits per heavy atom. The third-order valence-electron chi connectivity index (χ3n) is 8.95. The van der Waals surface area contributed by atoms with Crippen molar-refractivity contribution in [3.63, 3.8) is 0 Å². The minimum absolute atomic E-state index is 0.0772. The van der Waals surface area contributed by atoms with Crippen molar-refractivity contribution in [2.75, 3.05) is 19.0 Å². The lowest BCUT2D eigenvalue weighted by Gasteiger charge is -2.43. The fourth-order valence-corrected chi connectivity index (χ4v) is 11.1. The third-order valence-corrected chi connectivity index (χ3v) is 14.0. The summed E-state index contributed by atoms with van der Waals surface area (Å²) in [5, 5.41) is 11.0. The van der Waals surface area contributed by atoms with Gasteiger partial charge in [0.1, 0.15) is 23.1 Å².